The molecular formula is C33H33ClN2O4. The van der Waals surface area contributed by atoms with Crippen molar-refractivity contribution in [3.8, 4) is 22.6 Å². The van der Waals surface area contributed by atoms with Crippen molar-refractivity contribution < 1.29 is 19.4 Å². The van der Waals surface area contributed by atoms with Gasteiger partial charge in [-0.25, -0.2) is 0 Å². The number of carboxylic acid groups (broad SMARTS) is 1. The second-order valence-electron chi connectivity index (χ2n) is 9.48. The van der Waals surface area contributed by atoms with Crippen LogP contribution >= 0.6 is 11.6 Å². The topological polar surface area (TPSA) is 87.7 Å². The molecule has 206 valence electrons. The number of carbonyl (C=O) groups excluding carboxylic acids is 1. The highest BCUT2D eigenvalue weighted by Gasteiger charge is 2.21. The predicted molar refractivity (Wildman–Crippen MR) is 160 cm³/mol. The first-order valence-electron chi connectivity index (χ1n) is 13.4. The number of aliphatic carboxylic acids is 1. The number of halogens is 1. The summed E-state index contributed by atoms with van der Waals surface area (Å²) in [4.78, 5) is 25.1. The van der Waals surface area contributed by atoms with Gasteiger partial charge in [-0.1, -0.05) is 92.0 Å². The maximum absolute atomic E-state index is 13.4. The number of nitrogens with one attached hydrogen (secondary N) is 2. The van der Waals surface area contributed by atoms with Gasteiger partial charge in [0.05, 0.1) is 18.0 Å². The molecule has 0 saturated carbocycles. The van der Waals surface area contributed by atoms with E-state index in [1.54, 1.807) is 18.2 Å². The van der Waals surface area contributed by atoms with Crippen LogP contribution in [0.15, 0.2) is 97.1 Å². The zero-order valence-corrected chi connectivity index (χ0v) is 23.2. The van der Waals surface area contributed by atoms with E-state index in [0.717, 1.165) is 42.7 Å². The van der Waals surface area contributed by atoms with Crippen molar-refractivity contribution in [2.45, 2.75) is 38.6 Å². The van der Waals surface area contributed by atoms with Crippen LogP contribution in [0.4, 0.5) is 5.69 Å². The fourth-order valence-electron chi connectivity index (χ4n) is 4.42. The van der Waals surface area contributed by atoms with E-state index in [9.17, 15) is 14.7 Å². The molecule has 0 bridgehead atoms. The number of benzene rings is 4. The van der Waals surface area contributed by atoms with Crippen LogP contribution in [0.2, 0.25) is 5.02 Å². The number of amides is 1. The van der Waals surface area contributed by atoms with Crippen molar-refractivity contribution in [1.82, 2.24) is 5.32 Å². The summed E-state index contributed by atoms with van der Waals surface area (Å²) >= 11 is 6.21. The second-order valence-corrected chi connectivity index (χ2v) is 9.92. The van der Waals surface area contributed by atoms with Crippen LogP contribution < -0.4 is 15.4 Å². The van der Waals surface area contributed by atoms with Gasteiger partial charge >= 0.3 is 5.97 Å². The van der Waals surface area contributed by atoms with Gasteiger partial charge in [0.2, 0.25) is 0 Å². The Balaban J connectivity index is 1.55. The Hall–Kier alpha value is -4.29. The van der Waals surface area contributed by atoms with E-state index in [1.807, 2.05) is 78.9 Å². The van der Waals surface area contributed by atoms with Gasteiger partial charge in [-0.3, -0.25) is 9.59 Å². The van der Waals surface area contributed by atoms with Crippen molar-refractivity contribution in [3.05, 3.63) is 113 Å². The van der Waals surface area contributed by atoms with Crippen LogP contribution in [-0.2, 0) is 4.79 Å². The third kappa shape index (κ3) is 7.87. The lowest BCUT2D eigenvalue weighted by Gasteiger charge is -2.20. The summed E-state index contributed by atoms with van der Waals surface area (Å²) in [6.45, 7) is 2.86. The molecule has 4 aromatic carbocycles. The molecule has 0 saturated heterocycles. The molecule has 1 amide bonds. The SMILES string of the molecule is CCCCCNc1ccc(Cl)cc1C(=O)NC(CC(=O)O)c1ccc(-c2ccccc2Oc2ccccc2)cc1. The van der Waals surface area contributed by atoms with Crippen LogP contribution in [0.3, 0.4) is 0 Å². The van der Waals surface area contributed by atoms with Crippen molar-refractivity contribution in [2.24, 2.45) is 0 Å². The summed E-state index contributed by atoms with van der Waals surface area (Å²) in [7, 11) is 0. The van der Waals surface area contributed by atoms with E-state index in [0.29, 0.717) is 27.6 Å². The first-order chi connectivity index (χ1) is 19.4. The number of ether oxygens (including phenoxy) is 1. The minimum Gasteiger partial charge on any atom is -0.481 e. The molecule has 3 N–H and O–H groups in total. The zero-order valence-electron chi connectivity index (χ0n) is 22.4. The summed E-state index contributed by atoms with van der Waals surface area (Å²) in [5.74, 6) is 0.0326. The molecule has 7 heteroatoms. The molecule has 40 heavy (non-hydrogen) atoms. The van der Waals surface area contributed by atoms with Crippen molar-refractivity contribution in [3.63, 3.8) is 0 Å². The number of unbranched alkanes of at least 4 members (excludes halogenated alkanes) is 2. The second kappa shape index (κ2) is 14.2. The molecule has 0 heterocycles. The number of hydrogen-bond acceptors (Lipinski definition) is 4. The van der Waals surface area contributed by atoms with Gasteiger partial charge in [0.1, 0.15) is 11.5 Å². The van der Waals surface area contributed by atoms with Crippen molar-refractivity contribution in [2.75, 3.05) is 11.9 Å². The lowest BCUT2D eigenvalue weighted by molar-refractivity contribution is -0.137. The molecule has 0 fully saturated rings. The third-order valence-corrected chi connectivity index (χ3v) is 6.72. The highest BCUT2D eigenvalue weighted by atomic mass is 35.5. The van der Waals surface area contributed by atoms with Crippen LogP contribution in [0, 0.1) is 0 Å². The summed E-state index contributed by atoms with van der Waals surface area (Å²) in [5, 5.41) is 16.3. The molecule has 1 unspecified atom stereocenters. The number of para-hydroxylation sites is 2. The number of rotatable bonds is 13. The Morgan fingerprint density at radius 3 is 2.35 bits per heavy atom. The van der Waals surface area contributed by atoms with E-state index in [1.165, 1.54) is 0 Å². The van der Waals surface area contributed by atoms with E-state index < -0.39 is 17.9 Å². The Bertz CT molecular complexity index is 1420. The van der Waals surface area contributed by atoms with Crippen molar-refractivity contribution >= 4 is 29.2 Å². The van der Waals surface area contributed by atoms with Gasteiger partial charge in [-0.15, -0.1) is 0 Å². The van der Waals surface area contributed by atoms with Gasteiger partial charge in [0.15, 0.2) is 0 Å². The number of anilines is 1. The Kier molecular flexibility index (Phi) is 10.2. The van der Waals surface area contributed by atoms with Crippen LogP contribution in [0.25, 0.3) is 11.1 Å². The summed E-state index contributed by atoms with van der Waals surface area (Å²) in [6.07, 6.45) is 2.89. The first kappa shape index (κ1) is 28.7. The zero-order chi connectivity index (χ0) is 28.3. The molecule has 0 aromatic heterocycles. The molecule has 4 aromatic rings. The quantitative estimate of drug-likeness (QED) is 0.144. The first-order valence-corrected chi connectivity index (χ1v) is 13.8. The van der Waals surface area contributed by atoms with Crippen LogP contribution in [0.5, 0.6) is 11.5 Å². The average Bonchev–Trinajstić information content (AvgIpc) is 2.96. The maximum Gasteiger partial charge on any atom is 0.305 e. The molecule has 1 atom stereocenters. The van der Waals surface area contributed by atoms with Gasteiger partial charge in [0.25, 0.3) is 5.91 Å². The summed E-state index contributed by atoms with van der Waals surface area (Å²) in [5.41, 5.74) is 3.53. The van der Waals surface area contributed by atoms with Gasteiger partial charge in [0, 0.05) is 22.8 Å². The number of hydrogen-bond donors (Lipinski definition) is 3. The van der Waals surface area contributed by atoms with Gasteiger partial charge in [-0.05, 0) is 53.9 Å². The lowest BCUT2D eigenvalue weighted by Crippen LogP contribution is -2.30. The molecule has 0 spiro atoms. The van der Waals surface area contributed by atoms with Crippen LogP contribution in [0.1, 0.15) is 54.6 Å². The molecule has 0 radical (unpaired) electrons. The monoisotopic (exact) mass is 556 g/mol. The molecule has 0 aliphatic rings. The predicted octanol–water partition coefficient (Wildman–Crippen LogP) is 8.35. The smallest absolute Gasteiger partial charge is 0.305 e. The summed E-state index contributed by atoms with van der Waals surface area (Å²) in [6, 6.07) is 29.1. The minimum atomic E-state index is -1.01. The van der Waals surface area contributed by atoms with E-state index >= 15 is 0 Å². The molecule has 0 aliphatic heterocycles. The Morgan fingerprint density at radius 1 is 0.900 bits per heavy atom. The fraction of sp³-hybridized carbons (Fsp3) is 0.212. The Morgan fingerprint density at radius 2 is 1.62 bits per heavy atom. The fourth-order valence-corrected chi connectivity index (χ4v) is 4.60. The number of carbonyl (C=O) groups is 2. The van der Waals surface area contributed by atoms with Gasteiger partial charge < -0.3 is 20.5 Å². The largest absolute Gasteiger partial charge is 0.481 e. The Labute approximate surface area is 240 Å². The standard InChI is InChI=1S/C33H33ClN2O4/c1-2-3-9-20-35-29-19-18-25(34)21-28(29)33(39)36-30(22-32(37)38)24-16-14-23(15-17-24)27-12-7-8-13-31(27)40-26-10-5-4-6-11-26/h4-8,10-19,21,30,35H,2-3,9,20,22H2,1H3,(H,36,39)(H,37,38). The van der Waals surface area contributed by atoms with Crippen LogP contribution in [-0.4, -0.2) is 23.5 Å². The highest BCUT2D eigenvalue weighted by Crippen LogP contribution is 2.34. The van der Waals surface area contributed by atoms with E-state index in [2.05, 4.69) is 17.6 Å². The average molecular weight is 557 g/mol. The molecule has 4 rings (SSSR count). The summed E-state index contributed by atoms with van der Waals surface area (Å²) < 4.78 is 6.11. The molecule has 6 nitrogen and oxygen atoms in total. The highest BCUT2D eigenvalue weighted by molar-refractivity contribution is 6.31. The molecule has 0 aliphatic carbocycles. The van der Waals surface area contributed by atoms with E-state index in [4.69, 9.17) is 16.3 Å². The lowest BCUT2D eigenvalue weighted by atomic mass is 9.98. The minimum absolute atomic E-state index is 0.265. The molecular weight excluding hydrogens is 524 g/mol. The van der Waals surface area contributed by atoms with E-state index in [-0.39, 0.29) is 6.42 Å². The van der Waals surface area contributed by atoms with Gasteiger partial charge in [-0.2, -0.15) is 0 Å². The third-order valence-electron chi connectivity index (χ3n) is 6.49. The normalized spacial score (nSPS) is 11.4. The number of carboxylic acids is 1. The van der Waals surface area contributed by atoms with Crippen molar-refractivity contribution in [1.29, 1.82) is 0 Å². The maximum atomic E-state index is 13.4.